The van der Waals surface area contributed by atoms with Crippen molar-refractivity contribution in [2.75, 3.05) is 26.3 Å². The number of ether oxygens (including phenoxy) is 2. The Morgan fingerprint density at radius 2 is 2.53 bits per heavy atom. The van der Waals surface area contributed by atoms with Gasteiger partial charge in [-0.3, -0.25) is 0 Å². The number of pyridine rings is 1. The molecule has 0 radical (unpaired) electrons. The summed E-state index contributed by atoms with van der Waals surface area (Å²) in [6.45, 7) is 3.06. The maximum Gasteiger partial charge on any atom is 0.213 e. The van der Waals surface area contributed by atoms with Crippen LogP contribution in [0.15, 0.2) is 22.8 Å². The highest BCUT2D eigenvalue weighted by Gasteiger charge is 2.13. The largest absolute Gasteiger partial charge is 0.475 e. The first-order valence-corrected chi connectivity index (χ1v) is 5.70. The normalized spacial score (nSPS) is 21.3. The van der Waals surface area contributed by atoms with E-state index in [1.54, 1.807) is 6.20 Å². The van der Waals surface area contributed by atoms with E-state index in [1.165, 1.54) is 0 Å². The van der Waals surface area contributed by atoms with Crippen molar-refractivity contribution in [3.05, 3.63) is 22.8 Å². The van der Waals surface area contributed by atoms with Gasteiger partial charge in [0, 0.05) is 29.8 Å². The van der Waals surface area contributed by atoms with Gasteiger partial charge in [0.05, 0.1) is 6.61 Å². The van der Waals surface area contributed by atoms with Crippen LogP contribution in [-0.4, -0.2) is 37.4 Å². The van der Waals surface area contributed by atoms with Crippen molar-refractivity contribution in [3.8, 4) is 5.88 Å². The molecule has 82 valence electrons. The third-order valence-electron chi connectivity index (χ3n) is 2.12. The summed E-state index contributed by atoms with van der Waals surface area (Å²) in [5.41, 5.74) is 0. The van der Waals surface area contributed by atoms with Crippen molar-refractivity contribution in [3.63, 3.8) is 0 Å². The van der Waals surface area contributed by atoms with Crippen molar-refractivity contribution in [2.45, 2.75) is 6.10 Å². The third kappa shape index (κ3) is 3.44. The van der Waals surface area contributed by atoms with E-state index in [4.69, 9.17) is 9.47 Å². The van der Waals surface area contributed by atoms with Crippen molar-refractivity contribution < 1.29 is 9.47 Å². The lowest BCUT2D eigenvalue weighted by molar-refractivity contribution is -0.000744. The van der Waals surface area contributed by atoms with Gasteiger partial charge in [0.25, 0.3) is 0 Å². The van der Waals surface area contributed by atoms with Crippen molar-refractivity contribution in [1.82, 2.24) is 10.3 Å². The molecule has 1 saturated heterocycles. The standard InChI is InChI=1S/C10H13BrN2O2/c11-8-1-2-10(13-5-8)15-7-9-6-12-3-4-14-9/h1-2,5,9,12H,3-4,6-7H2. The fourth-order valence-electron chi connectivity index (χ4n) is 1.35. The Hall–Kier alpha value is -0.650. The monoisotopic (exact) mass is 272 g/mol. The first-order valence-electron chi connectivity index (χ1n) is 4.91. The molecular weight excluding hydrogens is 260 g/mol. The van der Waals surface area contributed by atoms with E-state index in [1.807, 2.05) is 12.1 Å². The van der Waals surface area contributed by atoms with Gasteiger partial charge < -0.3 is 14.8 Å². The Balaban J connectivity index is 1.79. The summed E-state index contributed by atoms with van der Waals surface area (Å²) in [6, 6.07) is 3.74. The summed E-state index contributed by atoms with van der Waals surface area (Å²) in [4.78, 5) is 4.12. The average molecular weight is 273 g/mol. The first kappa shape index (κ1) is 10.9. The minimum atomic E-state index is 0.129. The average Bonchev–Trinajstić information content (AvgIpc) is 2.30. The molecule has 0 aliphatic carbocycles. The minimum Gasteiger partial charge on any atom is -0.475 e. The van der Waals surface area contributed by atoms with Gasteiger partial charge in [-0.05, 0) is 22.0 Å². The minimum absolute atomic E-state index is 0.129. The van der Waals surface area contributed by atoms with Crippen LogP contribution in [-0.2, 0) is 4.74 Å². The summed E-state index contributed by atoms with van der Waals surface area (Å²) in [6.07, 6.45) is 1.85. The molecule has 1 N–H and O–H groups in total. The zero-order chi connectivity index (χ0) is 10.5. The van der Waals surface area contributed by atoms with Crippen LogP contribution in [0.1, 0.15) is 0 Å². The summed E-state index contributed by atoms with van der Waals surface area (Å²) in [7, 11) is 0. The lowest BCUT2D eigenvalue weighted by atomic mass is 10.3. The molecule has 15 heavy (non-hydrogen) atoms. The van der Waals surface area contributed by atoms with Crippen molar-refractivity contribution in [1.29, 1.82) is 0 Å². The van der Waals surface area contributed by atoms with Gasteiger partial charge in [0.1, 0.15) is 12.7 Å². The number of halogens is 1. The van der Waals surface area contributed by atoms with Gasteiger partial charge in [-0.15, -0.1) is 0 Å². The van der Waals surface area contributed by atoms with E-state index in [2.05, 4.69) is 26.2 Å². The molecule has 1 atom stereocenters. The molecule has 1 unspecified atom stereocenters. The fourth-order valence-corrected chi connectivity index (χ4v) is 1.59. The van der Waals surface area contributed by atoms with E-state index < -0.39 is 0 Å². The van der Waals surface area contributed by atoms with Crippen LogP contribution in [0, 0.1) is 0 Å². The van der Waals surface area contributed by atoms with Gasteiger partial charge in [-0.1, -0.05) is 0 Å². The van der Waals surface area contributed by atoms with Gasteiger partial charge in [-0.25, -0.2) is 4.98 Å². The molecule has 5 heteroatoms. The molecule has 0 saturated carbocycles. The maximum atomic E-state index is 5.50. The predicted molar refractivity (Wildman–Crippen MR) is 60.0 cm³/mol. The number of nitrogens with one attached hydrogen (secondary N) is 1. The fraction of sp³-hybridized carbons (Fsp3) is 0.500. The summed E-state index contributed by atoms with van der Waals surface area (Å²) in [5, 5.41) is 3.25. The highest BCUT2D eigenvalue weighted by Crippen LogP contribution is 2.12. The Bertz CT molecular complexity index is 299. The Labute approximate surface area is 97.1 Å². The van der Waals surface area contributed by atoms with Crippen LogP contribution < -0.4 is 10.1 Å². The van der Waals surface area contributed by atoms with Crippen molar-refractivity contribution >= 4 is 15.9 Å². The molecule has 2 rings (SSSR count). The Kier molecular flexibility index (Phi) is 3.94. The van der Waals surface area contributed by atoms with Crippen LogP contribution in [0.2, 0.25) is 0 Å². The number of nitrogens with zero attached hydrogens (tertiary/aromatic N) is 1. The zero-order valence-corrected chi connectivity index (χ0v) is 9.87. The summed E-state index contributed by atoms with van der Waals surface area (Å²) in [5.74, 6) is 0.632. The van der Waals surface area contributed by atoms with Crippen molar-refractivity contribution in [2.24, 2.45) is 0 Å². The van der Waals surface area contributed by atoms with Crippen LogP contribution in [0.3, 0.4) is 0 Å². The molecule has 1 aliphatic rings. The van der Waals surface area contributed by atoms with Crippen LogP contribution >= 0.6 is 15.9 Å². The van der Waals surface area contributed by atoms with Crippen LogP contribution in [0.5, 0.6) is 5.88 Å². The molecule has 0 spiro atoms. The third-order valence-corrected chi connectivity index (χ3v) is 2.59. The Morgan fingerprint density at radius 3 is 3.20 bits per heavy atom. The van der Waals surface area contributed by atoms with Gasteiger partial charge in [-0.2, -0.15) is 0 Å². The second-order valence-electron chi connectivity index (χ2n) is 3.32. The second-order valence-corrected chi connectivity index (χ2v) is 4.24. The molecule has 1 aliphatic heterocycles. The second kappa shape index (κ2) is 5.44. The number of hydrogen-bond donors (Lipinski definition) is 1. The molecule has 1 aromatic rings. The van der Waals surface area contributed by atoms with E-state index in [0.29, 0.717) is 12.5 Å². The van der Waals surface area contributed by atoms with E-state index >= 15 is 0 Å². The molecule has 2 heterocycles. The van der Waals surface area contributed by atoms with E-state index in [9.17, 15) is 0 Å². The maximum absolute atomic E-state index is 5.50. The lowest BCUT2D eigenvalue weighted by Gasteiger charge is -2.23. The number of rotatable bonds is 3. The molecule has 0 bridgehead atoms. The Morgan fingerprint density at radius 1 is 1.60 bits per heavy atom. The quantitative estimate of drug-likeness (QED) is 0.899. The molecule has 1 fully saturated rings. The molecule has 0 amide bonds. The molecular formula is C10H13BrN2O2. The molecule has 1 aromatic heterocycles. The van der Waals surface area contributed by atoms with Gasteiger partial charge in [0.2, 0.25) is 5.88 Å². The van der Waals surface area contributed by atoms with E-state index in [-0.39, 0.29) is 6.10 Å². The van der Waals surface area contributed by atoms with Crippen LogP contribution in [0.4, 0.5) is 0 Å². The lowest BCUT2D eigenvalue weighted by Crippen LogP contribution is -2.41. The summed E-state index contributed by atoms with van der Waals surface area (Å²) < 4.78 is 12.0. The number of aromatic nitrogens is 1. The van der Waals surface area contributed by atoms with Crippen LogP contribution in [0.25, 0.3) is 0 Å². The zero-order valence-electron chi connectivity index (χ0n) is 8.28. The topological polar surface area (TPSA) is 43.4 Å². The molecule has 4 nitrogen and oxygen atoms in total. The SMILES string of the molecule is Brc1ccc(OCC2CNCCO2)nc1. The highest BCUT2D eigenvalue weighted by atomic mass is 79.9. The number of hydrogen-bond acceptors (Lipinski definition) is 4. The first-order chi connectivity index (χ1) is 7.34. The number of morpholine rings is 1. The van der Waals surface area contributed by atoms with E-state index in [0.717, 1.165) is 24.2 Å². The highest BCUT2D eigenvalue weighted by molar-refractivity contribution is 9.10. The van der Waals surface area contributed by atoms with Gasteiger partial charge >= 0.3 is 0 Å². The smallest absolute Gasteiger partial charge is 0.213 e. The molecule has 0 aromatic carbocycles. The summed E-state index contributed by atoms with van der Waals surface area (Å²) >= 11 is 3.32. The predicted octanol–water partition coefficient (Wildman–Crippen LogP) is 1.21. The van der Waals surface area contributed by atoms with Gasteiger partial charge in [0.15, 0.2) is 0 Å².